The summed E-state index contributed by atoms with van der Waals surface area (Å²) in [5.74, 6) is -0.610. The number of nitrogens with one attached hydrogen (secondary N) is 1. The van der Waals surface area contributed by atoms with Gasteiger partial charge in [0.15, 0.2) is 0 Å². The van der Waals surface area contributed by atoms with Crippen LogP contribution >= 0.6 is 11.6 Å². The van der Waals surface area contributed by atoms with Crippen molar-refractivity contribution in [1.29, 1.82) is 0 Å². The number of carbonyl (C=O) groups is 1. The molecule has 46 heavy (non-hydrogen) atoms. The molecule has 1 saturated heterocycles. The van der Waals surface area contributed by atoms with Crippen molar-refractivity contribution in [3.8, 4) is 0 Å². The van der Waals surface area contributed by atoms with Crippen LogP contribution in [-0.2, 0) is 6.18 Å². The summed E-state index contributed by atoms with van der Waals surface area (Å²) in [5.41, 5.74) is 2.43. The lowest BCUT2D eigenvalue weighted by atomic mass is 9.88. The van der Waals surface area contributed by atoms with Crippen molar-refractivity contribution in [3.63, 3.8) is 0 Å². The highest BCUT2D eigenvalue weighted by Gasteiger charge is 2.37. The Morgan fingerprint density at radius 1 is 1.00 bits per heavy atom. The number of hydrogen-bond donors (Lipinski definition) is 2. The summed E-state index contributed by atoms with van der Waals surface area (Å²) in [5, 5.41) is 13.5. The van der Waals surface area contributed by atoms with E-state index in [9.17, 15) is 23.1 Å². The Kier molecular flexibility index (Phi) is 9.41. The summed E-state index contributed by atoms with van der Waals surface area (Å²) in [6.07, 6.45) is -4.86. The van der Waals surface area contributed by atoms with Crippen molar-refractivity contribution in [1.82, 2.24) is 14.9 Å². The van der Waals surface area contributed by atoms with E-state index in [1.54, 1.807) is 26.0 Å². The Morgan fingerprint density at radius 2 is 1.67 bits per heavy atom. The molecule has 1 unspecified atom stereocenters. The molecule has 1 atom stereocenters. The molecule has 0 radical (unpaired) electrons. The highest BCUT2D eigenvalue weighted by Crippen LogP contribution is 2.42. The first-order chi connectivity index (χ1) is 21.7. The van der Waals surface area contributed by atoms with E-state index in [0.717, 1.165) is 41.8 Å². The van der Waals surface area contributed by atoms with Crippen molar-refractivity contribution in [2.24, 2.45) is 0 Å². The molecule has 2 N–H and O–H groups in total. The molecule has 242 valence electrons. The molecule has 1 fully saturated rings. The molecule has 13 heteroatoms. The van der Waals surface area contributed by atoms with Crippen LogP contribution in [0.25, 0.3) is 0 Å². The van der Waals surface area contributed by atoms with Gasteiger partial charge in [0.1, 0.15) is 11.6 Å². The molecule has 1 aliphatic rings. The van der Waals surface area contributed by atoms with Gasteiger partial charge in [-0.3, -0.25) is 0 Å². The second-order valence-electron chi connectivity index (χ2n) is 11.4. The van der Waals surface area contributed by atoms with E-state index in [4.69, 9.17) is 11.6 Å². The van der Waals surface area contributed by atoms with Crippen LogP contribution in [0.3, 0.4) is 0 Å². The molecule has 1 aromatic heterocycles. The Labute approximate surface area is 269 Å². The van der Waals surface area contributed by atoms with Gasteiger partial charge in [0.2, 0.25) is 5.95 Å². The van der Waals surface area contributed by atoms with Crippen LogP contribution in [0.2, 0.25) is 5.02 Å². The number of carboxylic acid groups (broad SMARTS) is 1. The SMILES string of the molecule is Cc1cc(C)c(C(c2cc(C(F)(F)F)ccc2Cl)N(C(=O)O)c2ccnc(Nc3ccc(N4CCN(C)CC4)c(F)c3)n2)c(C)c1. The number of anilines is 4. The number of halogens is 5. The van der Waals surface area contributed by atoms with Gasteiger partial charge in [0, 0.05) is 43.1 Å². The van der Waals surface area contributed by atoms with Crippen LogP contribution in [0, 0.1) is 26.6 Å². The Bertz CT molecular complexity index is 1740. The third-order valence-electron chi connectivity index (χ3n) is 8.03. The molecule has 1 aliphatic heterocycles. The smallest absolute Gasteiger partial charge is 0.416 e. The normalized spacial score (nSPS) is 14.7. The van der Waals surface area contributed by atoms with Gasteiger partial charge >= 0.3 is 12.3 Å². The predicted octanol–water partition coefficient (Wildman–Crippen LogP) is 7.98. The van der Waals surface area contributed by atoms with Crippen molar-refractivity contribution in [2.45, 2.75) is 33.0 Å². The topological polar surface area (TPSA) is 84.8 Å². The fourth-order valence-electron chi connectivity index (χ4n) is 5.88. The van der Waals surface area contributed by atoms with E-state index in [0.29, 0.717) is 41.2 Å². The Balaban J connectivity index is 1.56. The highest BCUT2D eigenvalue weighted by molar-refractivity contribution is 6.31. The van der Waals surface area contributed by atoms with E-state index in [2.05, 4.69) is 20.2 Å². The summed E-state index contributed by atoms with van der Waals surface area (Å²) in [4.78, 5) is 26.6. The van der Waals surface area contributed by atoms with Crippen LogP contribution in [0.4, 0.5) is 45.5 Å². The predicted molar refractivity (Wildman–Crippen MR) is 171 cm³/mol. The third kappa shape index (κ3) is 7.02. The molecular weight excluding hydrogens is 624 g/mol. The molecule has 2 heterocycles. The zero-order valence-corrected chi connectivity index (χ0v) is 26.4. The third-order valence-corrected chi connectivity index (χ3v) is 8.37. The lowest BCUT2D eigenvalue weighted by Gasteiger charge is -2.34. The summed E-state index contributed by atoms with van der Waals surface area (Å²) >= 11 is 6.52. The number of likely N-dealkylation sites (N-methyl/N-ethyl adjacent to an activating group) is 1. The minimum Gasteiger partial charge on any atom is -0.465 e. The summed E-state index contributed by atoms with van der Waals surface area (Å²) in [7, 11) is 2.01. The van der Waals surface area contributed by atoms with Gasteiger partial charge in [0.05, 0.1) is 17.3 Å². The number of benzene rings is 3. The zero-order valence-electron chi connectivity index (χ0n) is 25.7. The first-order valence-corrected chi connectivity index (χ1v) is 14.9. The fraction of sp³-hybridized carbons (Fsp3) is 0.303. The molecule has 0 aliphatic carbocycles. The number of aryl methyl sites for hydroxylation is 3. The fourth-order valence-corrected chi connectivity index (χ4v) is 6.10. The highest BCUT2D eigenvalue weighted by atomic mass is 35.5. The molecule has 0 spiro atoms. The standard InChI is InChI=1S/C33H33ClF4N6O2/c1-19-15-20(2)29(21(3)16-19)30(24-17-22(33(36,37)38)5-7-25(24)34)44(32(45)46)28-9-10-39-31(41-28)40-23-6-8-27(26(35)18-23)43-13-11-42(4)12-14-43/h5-10,15-18,30H,11-14H2,1-4H3,(H,45,46)(H,39,40,41). The molecule has 8 nitrogen and oxygen atoms in total. The van der Waals surface area contributed by atoms with E-state index in [1.165, 1.54) is 18.3 Å². The molecular formula is C33H33ClF4N6O2. The number of alkyl halides is 3. The van der Waals surface area contributed by atoms with Gasteiger partial charge in [-0.25, -0.2) is 19.1 Å². The van der Waals surface area contributed by atoms with Crippen LogP contribution in [-0.4, -0.2) is 59.3 Å². The monoisotopic (exact) mass is 656 g/mol. The first-order valence-electron chi connectivity index (χ1n) is 14.5. The molecule has 4 aromatic rings. The van der Waals surface area contributed by atoms with Gasteiger partial charge in [-0.1, -0.05) is 29.3 Å². The average molecular weight is 657 g/mol. The largest absolute Gasteiger partial charge is 0.465 e. The van der Waals surface area contributed by atoms with Gasteiger partial charge in [-0.05, 0) is 92.5 Å². The maximum absolute atomic E-state index is 15.2. The van der Waals surface area contributed by atoms with Crippen molar-refractivity contribution < 1.29 is 27.5 Å². The lowest BCUT2D eigenvalue weighted by molar-refractivity contribution is -0.137. The molecule has 5 rings (SSSR count). The Morgan fingerprint density at radius 3 is 2.28 bits per heavy atom. The Hall–Kier alpha value is -4.42. The second kappa shape index (κ2) is 13.1. The molecule has 3 aromatic carbocycles. The number of nitrogens with zero attached hydrogens (tertiary/aromatic N) is 5. The number of rotatable bonds is 7. The molecule has 1 amide bonds. The minimum atomic E-state index is -4.70. The van der Waals surface area contributed by atoms with Gasteiger partial charge in [0.25, 0.3) is 0 Å². The van der Waals surface area contributed by atoms with Crippen LogP contribution < -0.4 is 15.1 Å². The second-order valence-corrected chi connectivity index (χ2v) is 11.8. The average Bonchev–Trinajstić information content (AvgIpc) is 2.96. The van der Waals surface area contributed by atoms with Crippen LogP contribution in [0.1, 0.15) is 39.4 Å². The van der Waals surface area contributed by atoms with Gasteiger partial charge < -0.3 is 20.2 Å². The minimum absolute atomic E-state index is 0.0401. The summed E-state index contributed by atoms with van der Waals surface area (Å²) in [6.45, 7) is 8.39. The van der Waals surface area contributed by atoms with Crippen molar-refractivity contribution in [2.75, 3.05) is 48.3 Å². The van der Waals surface area contributed by atoms with Crippen LogP contribution in [0.5, 0.6) is 0 Å². The number of hydrogen-bond acceptors (Lipinski definition) is 6. The quantitative estimate of drug-likeness (QED) is 0.195. The number of amides is 1. The zero-order chi connectivity index (χ0) is 33.3. The maximum atomic E-state index is 15.2. The van der Waals surface area contributed by atoms with E-state index < -0.39 is 29.7 Å². The van der Waals surface area contributed by atoms with Crippen molar-refractivity contribution >= 4 is 40.8 Å². The van der Waals surface area contributed by atoms with E-state index in [-0.39, 0.29) is 22.4 Å². The molecule has 0 saturated carbocycles. The summed E-state index contributed by atoms with van der Waals surface area (Å²) in [6, 6.07) is 11.1. The lowest BCUT2D eigenvalue weighted by Crippen LogP contribution is -2.44. The number of aromatic nitrogens is 2. The van der Waals surface area contributed by atoms with E-state index in [1.807, 2.05) is 31.0 Å². The number of piperazine rings is 1. The van der Waals surface area contributed by atoms with E-state index >= 15 is 4.39 Å². The maximum Gasteiger partial charge on any atom is 0.416 e. The van der Waals surface area contributed by atoms with Gasteiger partial charge in [-0.2, -0.15) is 18.2 Å². The first kappa shape index (κ1) is 33.0. The summed E-state index contributed by atoms with van der Waals surface area (Å²) < 4.78 is 56.8. The van der Waals surface area contributed by atoms with Gasteiger partial charge in [-0.15, -0.1) is 0 Å². The van der Waals surface area contributed by atoms with Crippen LogP contribution in [0.15, 0.2) is 60.8 Å². The van der Waals surface area contributed by atoms with Crippen molar-refractivity contribution in [3.05, 3.63) is 105 Å². The molecule has 0 bridgehead atoms.